The minimum atomic E-state index is -0.574. The number of methoxy groups -OCH3 is 1. The average molecular weight is 408 g/mol. The number of benzene rings is 1. The lowest BCUT2D eigenvalue weighted by molar-refractivity contribution is -0.116. The monoisotopic (exact) mass is 407 g/mol. The number of allylic oxidation sites excluding steroid dienone is 1. The summed E-state index contributed by atoms with van der Waals surface area (Å²) in [5.41, 5.74) is 11.5. The molecule has 1 amide bonds. The van der Waals surface area contributed by atoms with E-state index in [1.54, 1.807) is 12.1 Å². The second-order valence-electron chi connectivity index (χ2n) is 5.36. The second-order valence-corrected chi connectivity index (χ2v) is 5.77. The number of amides is 1. The van der Waals surface area contributed by atoms with Crippen molar-refractivity contribution in [2.24, 2.45) is 16.5 Å². The molecule has 0 aliphatic carbocycles. The standard InChI is InChI=1S/C17H19ClFN7O2/c1-28-15-10(3-2-4-13(15)19)6-23-16-12(18)8-24-17(26-16)25-11(5-20)7-22-9-14(21)27/h2-5,7-8H,6,9,20H2,1H3,(H2,21,27)(H2,23,24,25,26). The number of carbonyl (C=O) groups excluding carboxylic acids is 1. The van der Waals surface area contributed by atoms with Crippen molar-refractivity contribution in [1.82, 2.24) is 9.97 Å². The Morgan fingerprint density at radius 1 is 1.46 bits per heavy atom. The Morgan fingerprint density at radius 2 is 2.25 bits per heavy atom. The van der Waals surface area contributed by atoms with Gasteiger partial charge in [-0.3, -0.25) is 9.79 Å². The summed E-state index contributed by atoms with van der Waals surface area (Å²) in [5.74, 6) is -0.408. The zero-order chi connectivity index (χ0) is 20.5. The van der Waals surface area contributed by atoms with E-state index in [0.717, 1.165) is 0 Å². The van der Waals surface area contributed by atoms with Crippen LogP contribution in [0.4, 0.5) is 16.2 Å². The third kappa shape index (κ3) is 5.81. The largest absolute Gasteiger partial charge is 0.493 e. The molecule has 0 bridgehead atoms. The van der Waals surface area contributed by atoms with E-state index in [1.165, 1.54) is 31.8 Å². The molecular weight excluding hydrogens is 389 g/mol. The van der Waals surface area contributed by atoms with Crippen molar-refractivity contribution < 1.29 is 13.9 Å². The third-order valence-corrected chi connectivity index (χ3v) is 3.63. The van der Waals surface area contributed by atoms with Gasteiger partial charge in [-0.15, -0.1) is 0 Å². The van der Waals surface area contributed by atoms with E-state index in [-0.39, 0.29) is 29.8 Å². The molecule has 2 rings (SSSR count). The predicted octanol–water partition coefficient (Wildman–Crippen LogP) is 1.66. The maximum Gasteiger partial charge on any atom is 0.239 e. The lowest BCUT2D eigenvalue weighted by Gasteiger charge is -2.12. The van der Waals surface area contributed by atoms with Crippen molar-refractivity contribution in [3.8, 4) is 5.75 Å². The van der Waals surface area contributed by atoms with Gasteiger partial charge >= 0.3 is 0 Å². The van der Waals surface area contributed by atoms with Crippen LogP contribution in [0.2, 0.25) is 5.02 Å². The molecule has 148 valence electrons. The molecule has 9 nitrogen and oxygen atoms in total. The molecule has 1 aromatic carbocycles. The molecule has 0 unspecified atom stereocenters. The van der Waals surface area contributed by atoms with Crippen LogP contribution in [-0.4, -0.2) is 35.7 Å². The number of nitrogens with two attached hydrogens (primary N) is 2. The molecule has 0 aliphatic rings. The molecule has 6 N–H and O–H groups in total. The molecule has 0 saturated heterocycles. The van der Waals surface area contributed by atoms with Crippen LogP contribution in [0.5, 0.6) is 5.75 Å². The molecular formula is C17H19ClFN7O2. The first kappa shape index (κ1) is 20.9. The number of anilines is 2. The highest BCUT2D eigenvalue weighted by Gasteiger charge is 2.11. The maximum atomic E-state index is 13.8. The lowest BCUT2D eigenvalue weighted by atomic mass is 10.2. The lowest BCUT2D eigenvalue weighted by Crippen LogP contribution is -2.15. The van der Waals surface area contributed by atoms with Gasteiger partial charge in [0.1, 0.15) is 11.6 Å². The predicted molar refractivity (Wildman–Crippen MR) is 106 cm³/mol. The quantitative estimate of drug-likeness (QED) is 0.463. The maximum absolute atomic E-state index is 13.8. The molecule has 0 spiro atoms. The minimum Gasteiger partial charge on any atom is -0.493 e. The van der Waals surface area contributed by atoms with Gasteiger partial charge in [0.05, 0.1) is 19.0 Å². The smallest absolute Gasteiger partial charge is 0.239 e. The van der Waals surface area contributed by atoms with Crippen LogP contribution in [0.25, 0.3) is 0 Å². The fourth-order valence-electron chi connectivity index (χ4n) is 2.13. The topological polar surface area (TPSA) is 141 Å². The number of aliphatic imine (C=N–C) groups is 1. The van der Waals surface area contributed by atoms with E-state index >= 15 is 0 Å². The van der Waals surface area contributed by atoms with Crippen molar-refractivity contribution in [2.45, 2.75) is 6.54 Å². The highest BCUT2D eigenvalue weighted by Crippen LogP contribution is 2.25. The Balaban J connectivity index is 2.12. The minimum absolute atomic E-state index is 0.137. The number of hydrogen-bond acceptors (Lipinski definition) is 8. The van der Waals surface area contributed by atoms with Crippen LogP contribution in [0.3, 0.4) is 0 Å². The molecule has 0 radical (unpaired) electrons. The highest BCUT2D eigenvalue weighted by molar-refractivity contribution is 6.32. The summed E-state index contributed by atoms with van der Waals surface area (Å²) in [5, 5.41) is 6.10. The summed E-state index contributed by atoms with van der Waals surface area (Å²) < 4.78 is 18.9. The number of carbonyl (C=O) groups is 1. The molecule has 1 heterocycles. The van der Waals surface area contributed by atoms with E-state index < -0.39 is 11.7 Å². The molecule has 0 saturated carbocycles. The van der Waals surface area contributed by atoms with Crippen LogP contribution in [-0.2, 0) is 11.3 Å². The number of halogens is 2. The summed E-state index contributed by atoms with van der Waals surface area (Å²) in [6.07, 6.45) is 3.94. The number of ether oxygens (including phenoxy) is 1. The fraction of sp³-hybridized carbons (Fsp3) is 0.176. The van der Waals surface area contributed by atoms with E-state index in [4.69, 9.17) is 27.8 Å². The molecule has 2 aromatic rings. The Bertz CT molecular complexity index is 905. The van der Waals surface area contributed by atoms with Crippen molar-refractivity contribution in [3.63, 3.8) is 0 Å². The number of para-hydroxylation sites is 1. The first-order valence-electron chi connectivity index (χ1n) is 7.99. The van der Waals surface area contributed by atoms with Gasteiger partial charge in [-0.25, -0.2) is 9.37 Å². The van der Waals surface area contributed by atoms with Crippen LogP contribution in [0.15, 0.2) is 41.3 Å². The van der Waals surface area contributed by atoms with Gasteiger partial charge in [0.2, 0.25) is 11.9 Å². The zero-order valence-electron chi connectivity index (χ0n) is 14.9. The Hall–Kier alpha value is -3.40. The van der Waals surface area contributed by atoms with Crippen molar-refractivity contribution in [3.05, 3.63) is 52.7 Å². The van der Waals surface area contributed by atoms with Crippen LogP contribution in [0, 0.1) is 5.82 Å². The number of hydrogen-bond donors (Lipinski definition) is 4. The van der Waals surface area contributed by atoms with Crippen LogP contribution in [0.1, 0.15) is 5.56 Å². The van der Waals surface area contributed by atoms with E-state index in [0.29, 0.717) is 17.1 Å². The summed E-state index contributed by atoms with van der Waals surface area (Å²) >= 11 is 6.12. The normalized spacial score (nSPS) is 11.5. The van der Waals surface area contributed by atoms with Crippen molar-refractivity contribution >= 4 is 35.5 Å². The number of nitrogens with zero attached hydrogens (tertiary/aromatic N) is 3. The van der Waals surface area contributed by atoms with Crippen LogP contribution < -0.4 is 26.8 Å². The van der Waals surface area contributed by atoms with Gasteiger partial charge < -0.3 is 26.8 Å². The van der Waals surface area contributed by atoms with E-state index in [2.05, 4.69) is 25.6 Å². The molecule has 0 atom stereocenters. The SMILES string of the molecule is COc1c(F)cccc1CNc1nc(NC(C=NCC(N)=O)=CN)ncc1Cl. The average Bonchev–Trinajstić information content (AvgIpc) is 2.67. The number of rotatable bonds is 9. The molecule has 0 aliphatic heterocycles. The Labute approximate surface area is 165 Å². The van der Waals surface area contributed by atoms with Gasteiger partial charge in [-0.2, -0.15) is 4.98 Å². The van der Waals surface area contributed by atoms with Crippen LogP contribution >= 0.6 is 11.6 Å². The van der Waals surface area contributed by atoms with Crippen molar-refractivity contribution in [2.75, 3.05) is 24.3 Å². The second kappa shape index (κ2) is 10.1. The molecule has 0 fully saturated rings. The van der Waals surface area contributed by atoms with Gasteiger partial charge in [0.25, 0.3) is 0 Å². The highest BCUT2D eigenvalue weighted by atomic mass is 35.5. The van der Waals surface area contributed by atoms with E-state index in [1.807, 2.05) is 0 Å². The summed E-state index contributed by atoms with van der Waals surface area (Å²) in [4.78, 5) is 22.8. The number of nitrogens with one attached hydrogen (secondary N) is 2. The molecule has 1 aromatic heterocycles. The van der Waals surface area contributed by atoms with Gasteiger partial charge in [-0.1, -0.05) is 23.7 Å². The Morgan fingerprint density at radius 3 is 2.93 bits per heavy atom. The summed E-state index contributed by atoms with van der Waals surface area (Å²) in [6.45, 7) is 0.0412. The summed E-state index contributed by atoms with van der Waals surface area (Å²) in [7, 11) is 1.39. The number of aromatic nitrogens is 2. The fourth-order valence-corrected chi connectivity index (χ4v) is 2.29. The summed E-state index contributed by atoms with van der Waals surface area (Å²) in [6, 6.07) is 4.60. The zero-order valence-corrected chi connectivity index (χ0v) is 15.7. The molecule has 11 heteroatoms. The van der Waals surface area contributed by atoms with Gasteiger partial charge in [0, 0.05) is 24.5 Å². The van der Waals surface area contributed by atoms with Gasteiger partial charge in [-0.05, 0) is 6.07 Å². The number of primary amides is 1. The van der Waals surface area contributed by atoms with Gasteiger partial charge in [0.15, 0.2) is 17.4 Å². The Kier molecular flexibility index (Phi) is 7.52. The molecule has 28 heavy (non-hydrogen) atoms. The van der Waals surface area contributed by atoms with E-state index in [9.17, 15) is 9.18 Å². The van der Waals surface area contributed by atoms with Crippen molar-refractivity contribution in [1.29, 1.82) is 0 Å². The third-order valence-electron chi connectivity index (χ3n) is 3.36. The first-order valence-corrected chi connectivity index (χ1v) is 8.37. The first-order chi connectivity index (χ1) is 13.4.